The van der Waals surface area contributed by atoms with Crippen LogP contribution in [-0.4, -0.2) is 12.2 Å². The molecule has 2 aromatic rings. The second kappa shape index (κ2) is 6.18. The molecule has 0 atom stereocenters. The van der Waals surface area contributed by atoms with E-state index < -0.39 is 0 Å². The van der Waals surface area contributed by atoms with Gasteiger partial charge < -0.3 is 15.2 Å². The number of hydrogen-bond acceptors (Lipinski definition) is 4. The maximum atomic E-state index is 9.87. The van der Waals surface area contributed by atoms with Crippen molar-refractivity contribution in [2.24, 2.45) is 0 Å². The summed E-state index contributed by atoms with van der Waals surface area (Å²) in [6, 6.07) is 12.2. The molecule has 0 fully saturated rings. The van der Waals surface area contributed by atoms with Gasteiger partial charge in [-0.05, 0) is 30.3 Å². The molecule has 102 valence electrons. The number of phenolic OH excluding ortho intramolecular Hbond substituents is 1. The standard InChI is InChI=1S/C15H13ClN2O2/c1-20-13-5-3-11(15(19)7-13)9-18-14-6-12(16)4-2-10(14)8-17/h2-7,18-19H,9H2,1H3. The van der Waals surface area contributed by atoms with Gasteiger partial charge in [-0.25, -0.2) is 0 Å². The van der Waals surface area contributed by atoms with Gasteiger partial charge in [0.05, 0.1) is 18.4 Å². The number of hydrogen-bond donors (Lipinski definition) is 2. The number of methoxy groups -OCH3 is 1. The Labute approximate surface area is 122 Å². The number of benzene rings is 2. The minimum atomic E-state index is 0.136. The molecular formula is C15H13ClN2O2. The van der Waals surface area contributed by atoms with E-state index in [4.69, 9.17) is 21.6 Å². The van der Waals surface area contributed by atoms with Gasteiger partial charge in [0.15, 0.2) is 0 Å². The normalized spacial score (nSPS) is 9.85. The quantitative estimate of drug-likeness (QED) is 0.903. The minimum absolute atomic E-state index is 0.136. The molecular weight excluding hydrogens is 276 g/mol. The molecule has 0 aliphatic heterocycles. The second-order valence-corrected chi connectivity index (χ2v) is 4.59. The molecule has 0 radical (unpaired) electrons. The Morgan fingerprint density at radius 3 is 2.75 bits per heavy atom. The Kier molecular flexibility index (Phi) is 4.34. The molecule has 0 bridgehead atoms. The largest absolute Gasteiger partial charge is 0.507 e. The van der Waals surface area contributed by atoms with Crippen LogP contribution in [0.4, 0.5) is 5.69 Å². The molecule has 0 aromatic heterocycles. The molecule has 0 saturated carbocycles. The monoisotopic (exact) mass is 288 g/mol. The molecule has 20 heavy (non-hydrogen) atoms. The summed E-state index contributed by atoms with van der Waals surface area (Å²) in [6.45, 7) is 0.380. The van der Waals surface area contributed by atoms with E-state index in [1.807, 2.05) is 0 Å². The van der Waals surface area contributed by atoms with Crippen LogP contribution in [0.15, 0.2) is 36.4 Å². The topological polar surface area (TPSA) is 65.3 Å². The van der Waals surface area contributed by atoms with E-state index in [-0.39, 0.29) is 5.75 Å². The van der Waals surface area contributed by atoms with Gasteiger partial charge in [0.25, 0.3) is 0 Å². The minimum Gasteiger partial charge on any atom is -0.507 e. The zero-order chi connectivity index (χ0) is 14.5. The summed E-state index contributed by atoms with van der Waals surface area (Å²) in [4.78, 5) is 0. The first-order chi connectivity index (χ1) is 9.63. The van der Waals surface area contributed by atoms with E-state index in [0.29, 0.717) is 34.1 Å². The molecule has 0 saturated heterocycles. The maximum absolute atomic E-state index is 9.87. The molecule has 0 spiro atoms. The first kappa shape index (κ1) is 14.0. The summed E-state index contributed by atoms with van der Waals surface area (Å²) < 4.78 is 5.02. The first-order valence-electron chi connectivity index (χ1n) is 5.93. The number of phenols is 1. The summed E-state index contributed by atoms with van der Waals surface area (Å²) in [5, 5.41) is 22.5. The Bertz CT molecular complexity index is 665. The summed E-state index contributed by atoms with van der Waals surface area (Å²) >= 11 is 5.91. The van der Waals surface area contributed by atoms with Crippen LogP contribution in [0.25, 0.3) is 0 Å². The second-order valence-electron chi connectivity index (χ2n) is 4.15. The lowest BCUT2D eigenvalue weighted by atomic mass is 10.1. The molecule has 5 heteroatoms. The highest BCUT2D eigenvalue weighted by Gasteiger charge is 2.06. The number of nitrogens with one attached hydrogen (secondary N) is 1. The lowest BCUT2D eigenvalue weighted by Gasteiger charge is -2.11. The van der Waals surface area contributed by atoms with Gasteiger partial charge in [-0.3, -0.25) is 0 Å². The van der Waals surface area contributed by atoms with Crippen molar-refractivity contribution < 1.29 is 9.84 Å². The van der Waals surface area contributed by atoms with Crippen molar-refractivity contribution in [1.29, 1.82) is 5.26 Å². The Morgan fingerprint density at radius 2 is 2.10 bits per heavy atom. The van der Waals surface area contributed by atoms with Crippen LogP contribution in [-0.2, 0) is 6.54 Å². The van der Waals surface area contributed by atoms with Crippen molar-refractivity contribution in [2.75, 3.05) is 12.4 Å². The molecule has 0 aliphatic carbocycles. The van der Waals surface area contributed by atoms with Gasteiger partial charge >= 0.3 is 0 Å². The smallest absolute Gasteiger partial charge is 0.124 e. The number of halogens is 1. The molecule has 2 aromatic carbocycles. The SMILES string of the molecule is COc1ccc(CNc2cc(Cl)ccc2C#N)c(O)c1. The van der Waals surface area contributed by atoms with Crippen molar-refractivity contribution in [3.8, 4) is 17.6 Å². The van der Waals surface area contributed by atoms with Crippen LogP contribution in [0.1, 0.15) is 11.1 Å². The van der Waals surface area contributed by atoms with Gasteiger partial charge in [0.1, 0.15) is 17.6 Å². The fourth-order valence-electron chi connectivity index (χ4n) is 1.77. The number of ether oxygens (including phenoxy) is 1. The number of nitriles is 1. The third-order valence-electron chi connectivity index (χ3n) is 2.86. The molecule has 2 N–H and O–H groups in total. The predicted molar refractivity (Wildman–Crippen MR) is 78.2 cm³/mol. The number of aromatic hydroxyl groups is 1. The Morgan fingerprint density at radius 1 is 1.30 bits per heavy atom. The average molecular weight is 289 g/mol. The molecule has 0 heterocycles. The highest BCUT2D eigenvalue weighted by atomic mass is 35.5. The van der Waals surface area contributed by atoms with Gasteiger partial charge in [-0.1, -0.05) is 11.6 Å². The van der Waals surface area contributed by atoms with E-state index in [0.717, 1.165) is 0 Å². The van der Waals surface area contributed by atoms with E-state index in [1.54, 1.807) is 36.4 Å². The Hall–Kier alpha value is -2.38. The van der Waals surface area contributed by atoms with Gasteiger partial charge in [0.2, 0.25) is 0 Å². The van der Waals surface area contributed by atoms with Crippen molar-refractivity contribution >= 4 is 17.3 Å². The van der Waals surface area contributed by atoms with Gasteiger partial charge in [-0.15, -0.1) is 0 Å². The zero-order valence-electron chi connectivity index (χ0n) is 10.9. The van der Waals surface area contributed by atoms with E-state index in [9.17, 15) is 5.11 Å². The maximum Gasteiger partial charge on any atom is 0.124 e. The highest BCUT2D eigenvalue weighted by Crippen LogP contribution is 2.26. The number of rotatable bonds is 4. The zero-order valence-corrected chi connectivity index (χ0v) is 11.6. The predicted octanol–water partition coefficient (Wildman–Crippen LogP) is 3.54. The van der Waals surface area contributed by atoms with E-state index in [1.165, 1.54) is 7.11 Å². The molecule has 0 amide bonds. The third kappa shape index (κ3) is 3.14. The fourth-order valence-corrected chi connectivity index (χ4v) is 1.94. The number of anilines is 1. The summed E-state index contributed by atoms with van der Waals surface area (Å²) in [5.41, 5.74) is 1.84. The number of nitrogens with zero attached hydrogens (tertiary/aromatic N) is 1. The van der Waals surface area contributed by atoms with Crippen LogP contribution in [0.3, 0.4) is 0 Å². The van der Waals surface area contributed by atoms with Crippen LogP contribution in [0.2, 0.25) is 5.02 Å². The van der Waals surface area contributed by atoms with Crippen LogP contribution in [0, 0.1) is 11.3 Å². The summed E-state index contributed by atoms with van der Waals surface area (Å²) in [6.07, 6.45) is 0. The van der Waals surface area contributed by atoms with E-state index in [2.05, 4.69) is 11.4 Å². The van der Waals surface area contributed by atoms with Crippen LogP contribution >= 0.6 is 11.6 Å². The fraction of sp³-hybridized carbons (Fsp3) is 0.133. The van der Waals surface area contributed by atoms with Crippen molar-refractivity contribution in [3.05, 3.63) is 52.5 Å². The lowest BCUT2D eigenvalue weighted by molar-refractivity contribution is 0.406. The highest BCUT2D eigenvalue weighted by molar-refractivity contribution is 6.30. The van der Waals surface area contributed by atoms with Crippen LogP contribution < -0.4 is 10.1 Å². The van der Waals surface area contributed by atoms with Crippen molar-refractivity contribution in [3.63, 3.8) is 0 Å². The van der Waals surface area contributed by atoms with Gasteiger partial charge in [0, 0.05) is 23.2 Å². The summed E-state index contributed by atoms with van der Waals surface area (Å²) in [5.74, 6) is 0.726. The Balaban J connectivity index is 2.17. The molecule has 0 aliphatic rings. The lowest BCUT2D eigenvalue weighted by Crippen LogP contribution is -2.01. The molecule has 2 rings (SSSR count). The van der Waals surface area contributed by atoms with Gasteiger partial charge in [-0.2, -0.15) is 5.26 Å². The molecule has 0 unspecified atom stereocenters. The van der Waals surface area contributed by atoms with Crippen molar-refractivity contribution in [1.82, 2.24) is 0 Å². The third-order valence-corrected chi connectivity index (χ3v) is 3.10. The van der Waals surface area contributed by atoms with E-state index >= 15 is 0 Å². The summed E-state index contributed by atoms with van der Waals surface area (Å²) in [7, 11) is 1.54. The first-order valence-corrected chi connectivity index (χ1v) is 6.31. The average Bonchev–Trinajstić information content (AvgIpc) is 2.46. The molecule has 4 nitrogen and oxygen atoms in total. The van der Waals surface area contributed by atoms with Crippen molar-refractivity contribution in [2.45, 2.75) is 6.54 Å². The van der Waals surface area contributed by atoms with Crippen LogP contribution in [0.5, 0.6) is 11.5 Å².